The zero-order chi connectivity index (χ0) is 16.7. The molecule has 2 fully saturated rings. The fourth-order valence-corrected chi connectivity index (χ4v) is 3.85. The van der Waals surface area contributed by atoms with Crippen LogP contribution in [0.15, 0.2) is 18.2 Å². The molecule has 0 spiro atoms. The molecule has 1 amide bonds. The number of carbonyl (C=O) groups excluding carboxylic acids is 1. The van der Waals surface area contributed by atoms with Gasteiger partial charge in [0, 0.05) is 36.9 Å². The summed E-state index contributed by atoms with van der Waals surface area (Å²) in [6.07, 6.45) is 3.21. The van der Waals surface area contributed by atoms with Crippen LogP contribution in [0.4, 0.5) is 17.5 Å². The lowest BCUT2D eigenvalue weighted by Gasteiger charge is -2.40. The highest BCUT2D eigenvalue weighted by molar-refractivity contribution is 5.59. The molecule has 2 unspecified atom stereocenters. The largest absolute Gasteiger partial charge is 0.347 e. The van der Waals surface area contributed by atoms with Crippen molar-refractivity contribution in [3.05, 3.63) is 29.5 Å². The van der Waals surface area contributed by atoms with Gasteiger partial charge in [0.1, 0.15) is 11.6 Å². The van der Waals surface area contributed by atoms with E-state index in [2.05, 4.69) is 33.4 Å². The molecule has 24 heavy (non-hydrogen) atoms. The highest BCUT2D eigenvalue weighted by atomic mass is 16.1. The number of aryl methyl sites for hydroxylation is 2. The van der Waals surface area contributed by atoms with Gasteiger partial charge in [0.2, 0.25) is 6.41 Å². The molecule has 7 heteroatoms. The fourth-order valence-electron chi connectivity index (χ4n) is 3.85. The van der Waals surface area contributed by atoms with Crippen LogP contribution in [-0.2, 0) is 4.79 Å². The predicted octanol–water partition coefficient (Wildman–Crippen LogP) is 1.97. The Morgan fingerprint density at radius 2 is 1.92 bits per heavy atom. The van der Waals surface area contributed by atoms with E-state index >= 15 is 0 Å². The smallest absolute Gasteiger partial charge is 0.209 e. The van der Waals surface area contributed by atoms with Gasteiger partial charge >= 0.3 is 0 Å². The fraction of sp³-hybridized carbons (Fsp3) is 0.471. The zero-order valence-corrected chi connectivity index (χ0v) is 14.0. The average Bonchev–Trinajstić information content (AvgIpc) is 3.07. The second-order valence-corrected chi connectivity index (χ2v) is 6.80. The molecule has 126 valence electrons. The van der Waals surface area contributed by atoms with Gasteiger partial charge in [0.15, 0.2) is 5.82 Å². The predicted molar refractivity (Wildman–Crippen MR) is 92.5 cm³/mol. The Hall–Kier alpha value is -2.57. The van der Waals surface area contributed by atoms with Crippen molar-refractivity contribution < 1.29 is 4.79 Å². The van der Waals surface area contributed by atoms with E-state index in [0.29, 0.717) is 12.1 Å². The molecule has 0 radical (unpaired) electrons. The molecule has 4 rings (SSSR count). The normalized spacial score (nSPS) is 22.8. The first-order valence-corrected chi connectivity index (χ1v) is 8.38. The van der Waals surface area contributed by atoms with E-state index in [4.69, 9.17) is 4.98 Å². The molecule has 2 bridgehead atoms. The van der Waals surface area contributed by atoms with Crippen molar-refractivity contribution in [1.82, 2.24) is 20.1 Å². The van der Waals surface area contributed by atoms with Crippen LogP contribution < -0.4 is 10.2 Å². The van der Waals surface area contributed by atoms with Gasteiger partial charge in [-0.3, -0.25) is 9.89 Å². The summed E-state index contributed by atoms with van der Waals surface area (Å²) in [7, 11) is 0. The van der Waals surface area contributed by atoms with Gasteiger partial charge in [-0.1, -0.05) is 0 Å². The maximum Gasteiger partial charge on any atom is 0.209 e. The summed E-state index contributed by atoms with van der Waals surface area (Å²) < 4.78 is 0. The lowest BCUT2D eigenvalue weighted by atomic mass is 10.1. The van der Waals surface area contributed by atoms with E-state index in [1.165, 1.54) is 0 Å². The van der Waals surface area contributed by atoms with Crippen molar-refractivity contribution in [3.63, 3.8) is 0 Å². The monoisotopic (exact) mass is 326 g/mol. The molecule has 2 saturated heterocycles. The van der Waals surface area contributed by atoms with Crippen LogP contribution in [0.5, 0.6) is 0 Å². The molecule has 2 N–H and O–H groups in total. The number of aromatic nitrogens is 3. The van der Waals surface area contributed by atoms with Crippen LogP contribution in [0.1, 0.15) is 24.1 Å². The van der Waals surface area contributed by atoms with Crippen LogP contribution in [-0.4, -0.2) is 51.7 Å². The second kappa shape index (κ2) is 5.81. The topological polar surface area (TPSA) is 77.2 Å². The van der Waals surface area contributed by atoms with Crippen molar-refractivity contribution >= 4 is 23.9 Å². The summed E-state index contributed by atoms with van der Waals surface area (Å²) >= 11 is 0. The summed E-state index contributed by atoms with van der Waals surface area (Å²) in [6.45, 7) is 5.63. The number of nitrogens with one attached hydrogen (secondary N) is 2. The first kappa shape index (κ1) is 15.0. The van der Waals surface area contributed by atoms with Gasteiger partial charge in [-0.2, -0.15) is 5.10 Å². The van der Waals surface area contributed by atoms with Gasteiger partial charge < -0.3 is 15.1 Å². The standard InChI is InChI=1S/C17H22N6O/c1-11-5-15(18-16-7-12(2)20-21-16)19-17(6-11)23-13-3-4-14(23)9-22(8-13)10-24/h5-7,10,13-14H,3-4,8-9H2,1-2H3,(H2,18,19,20,21). The molecule has 2 aromatic heterocycles. The highest BCUT2D eigenvalue weighted by Gasteiger charge is 2.40. The number of amides is 1. The first-order valence-electron chi connectivity index (χ1n) is 8.38. The molecule has 4 heterocycles. The number of nitrogens with zero attached hydrogens (tertiary/aromatic N) is 4. The van der Waals surface area contributed by atoms with Crippen molar-refractivity contribution in [2.75, 3.05) is 23.3 Å². The van der Waals surface area contributed by atoms with Gasteiger partial charge in [0.05, 0.1) is 0 Å². The number of likely N-dealkylation sites (tertiary alicyclic amines) is 1. The molecule has 0 saturated carbocycles. The zero-order valence-electron chi connectivity index (χ0n) is 14.0. The Morgan fingerprint density at radius 3 is 2.54 bits per heavy atom. The third kappa shape index (κ3) is 2.70. The first-order chi connectivity index (χ1) is 11.6. The van der Waals surface area contributed by atoms with Crippen LogP contribution in [0, 0.1) is 13.8 Å². The number of hydrogen-bond acceptors (Lipinski definition) is 5. The van der Waals surface area contributed by atoms with Crippen molar-refractivity contribution in [2.45, 2.75) is 38.8 Å². The third-order valence-electron chi connectivity index (χ3n) is 4.84. The molecular weight excluding hydrogens is 304 g/mol. The van der Waals surface area contributed by atoms with Gasteiger partial charge in [-0.05, 0) is 44.4 Å². The highest BCUT2D eigenvalue weighted by Crippen LogP contribution is 2.34. The molecule has 7 nitrogen and oxygen atoms in total. The Labute approximate surface area is 141 Å². The van der Waals surface area contributed by atoms with Crippen LogP contribution in [0.3, 0.4) is 0 Å². The number of pyridine rings is 1. The maximum absolute atomic E-state index is 11.1. The number of fused-ring (bicyclic) bond motifs is 2. The lowest BCUT2D eigenvalue weighted by Crippen LogP contribution is -2.53. The SMILES string of the molecule is Cc1cc(Nc2cc(C)[nH]n2)nc(N2C3CCC2CN(C=O)C3)c1. The maximum atomic E-state index is 11.1. The minimum Gasteiger partial charge on any atom is -0.347 e. The number of anilines is 3. The van der Waals surface area contributed by atoms with E-state index in [1.807, 2.05) is 24.0 Å². The van der Waals surface area contributed by atoms with Crippen molar-refractivity contribution in [1.29, 1.82) is 0 Å². The number of rotatable bonds is 4. The number of aromatic amines is 1. The van der Waals surface area contributed by atoms with Crippen molar-refractivity contribution in [2.24, 2.45) is 0 Å². The quantitative estimate of drug-likeness (QED) is 0.840. The minimum atomic E-state index is 0.365. The number of carbonyl (C=O) groups is 1. The molecule has 2 aromatic rings. The number of H-pyrrole nitrogens is 1. The second-order valence-electron chi connectivity index (χ2n) is 6.80. The minimum absolute atomic E-state index is 0.365. The molecule has 2 atom stereocenters. The summed E-state index contributed by atoms with van der Waals surface area (Å²) in [5, 5.41) is 10.4. The number of piperazine rings is 1. The van der Waals surface area contributed by atoms with Crippen LogP contribution in [0.2, 0.25) is 0 Å². The Morgan fingerprint density at radius 1 is 1.17 bits per heavy atom. The van der Waals surface area contributed by atoms with E-state index in [1.54, 1.807) is 0 Å². The van der Waals surface area contributed by atoms with E-state index in [-0.39, 0.29) is 0 Å². The molecule has 2 aliphatic rings. The van der Waals surface area contributed by atoms with E-state index < -0.39 is 0 Å². The van der Waals surface area contributed by atoms with Gasteiger partial charge in [-0.25, -0.2) is 4.98 Å². The third-order valence-corrected chi connectivity index (χ3v) is 4.84. The summed E-state index contributed by atoms with van der Waals surface area (Å²) in [4.78, 5) is 20.2. The Bertz CT molecular complexity index is 743. The Kier molecular flexibility index (Phi) is 3.63. The van der Waals surface area contributed by atoms with Gasteiger partial charge in [0.25, 0.3) is 0 Å². The van der Waals surface area contributed by atoms with Crippen molar-refractivity contribution in [3.8, 4) is 0 Å². The van der Waals surface area contributed by atoms with Crippen LogP contribution >= 0.6 is 0 Å². The number of hydrogen-bond donors (Lipinski definition) is 2. The molecule has 0 aliphatic carbocycles. The van der Waals surface area contributed by atoms with E-state index in [0.717, 1.165) is 61.1 Å². The molecular formula is C17H22N6O. The summed E-state index contributed by atoms with van der Waals surface area (Å²) in [5.41, 5.74) is 2.17. The molecule has 0 aromatic carbocycles. The van der Waals surface area contributed by atoms with E-state index in [9.17, 15) is 4.79 Å². The van der Waals surface area contributed by atoms with Crippen LogP contribution in [0.25, 0.3) is 0 Å². The summed E-state index contributed by atoms with van der Waals surface area (Å²) in [6, 6.07) is 6.84. The molecule has 2 aliphatic heterocycles. The van der Waals surface area contributed by atoms with Gasteiger partial charge in [-0.15, -0.1) is 0 Å². The Balaban J connectivity index is 1.61. The average molecular weight is 326 g/mol. The summed E-state index contributed by atoms with van der Waals surface area (Å²) in [5.74, 6) is 2.56. The lowest BCUT2D eigenvalue weighted by molar-refractivity contribution is -0.119.